The van der Waals surface area contributed by atoms with Crippen LogP contribution in [0.5, 0.6) is 0 Å². The molecular formula is C28H44N4O2. The second kappa shape index (κ2) is 12.2. The first-order valence-electron chi connectivity index (χ1n) is 13.6. The first kappa shape index (κ1) is 25.2. The molecule has 0 radical (unpaired) electrons. The molecule has 2 heterocycles. The first-order valence-corrected chi connectivity index (χ1v) is 13.6. The Balaban J connectivity index is 1.45. The van der Waals surface area contributed by atoms with Crippen LogP contribution in [0, 0.1) is 11.8 Å². The fraction of sp³-hybridized carbons (Fsp3) is 0.714. The molecule has 0 bridgehead atoms. The van der Waals surface area contributed by atoms with Crippen molar-refractivity contribution in [2.45, 2.75) is 82.8 Å². The van der Waals surface area contributed by atoms with Crippen molar-refractivity contribution in [1.82, 2.24) is 20.4 Å². The number of carbonyl (C=O) groups excluding carboxylic acids is 2. The Morgan fingerprint density at radius 2 is 1.76 bits per heavy atom. The summed E-state index contributed by atoms with van der Waals surface area (Å²) in [6.07, 6.45) is 10.1. The SMILES string of the molecule is CN[C@@H](C)C(=O)N[C@H](C(=O)N1CCC[C@H]2CCN(CCc3ccccc3)C[C@H]21)C1CCCCC1. The lowest BCUT2D eigenvalue weighted by atomic mass is 9.80. The molecule has 1 saturated carbocycles. The summed E-state index contributed by atoms with van der Waals surface area (Å²) in [6.45, 7) is 5.81. The van der Waals surface area contributed by atoms with Gasteiger partial charge >= 0.3 is 0 Å². The molecule has 0 aromatic heterocycles. The summed E-state index contributed by atoms with van der Waals surface area (Å²) in [5.41, 5.74) is 1.37. The van der Waals surface area contributed by atoms with Crippen molar-refractivity contribution in [3.63, 3.8) is 0 Å². The highest BCUT2D eigenvalue weighted by molar-refractivity contribution is 5.90. The van der Waals surface area contributed by atoms with Crippen LogP contribution < -0.4 is 10.6 Å². The highest BCUT2D eigenvalue weighted by Gasteiger charge is 2.42. The molecule has 2 saturated heterocycles. The van der Waals surface area contributed by atoms with Gasteiger partial charge in [0.15, 0.2) is 0 Å². The van der Waals surface area contributed by atoms with Crippen LogP contribution >= 0.6 is 0 Å². The van der Waals surface area contributed by atoms with Gasteiger partial charge in [0.25, 0.3) is 0 Å². The van der Waals surface area contributed by atoms with Crippen molar-refractivity contribution in [3.05, 3.63) is 35.9 Å². The fourth-order valence-corrected chi connectivity index (χ4v) is 6.27. The van der Waals surface area contributed by atoms with Crippen LogP contribution in [-0.2, 0) is 16.0 Å². The molecular weight excluding hydrogens is 424 g/mol. The molecule has 2 aliphatic heterocycles. The number of fused-ring (bicyclic) bond motifs is 1. The van der Waals surface area contributed by atoms with Gasteiger partial charge in [-0.05, 0) is 76.4 Å². The molecule has 188 valence electrons. The molecule has 1 aromatic rings. The molecule has 2 N–H and O–H groups in total. The van der Waals surface area contributed by atoms with E-state index < -0.39 is 0 Å². The van der Waals surface area contributed by atoms with E-state index in [4.69, 9.17) is 0 Å². The maximum atomic E-state index is 14.1. The van der Waals surface area contributed by atoms with E-state index in [9.17, 15) is 9.59 Å². The average molecular weight is 469 g/mol. The van der Waals surface area contributed by atoms with Gasteiger partial charge in [-0.25, -0.2) is 0 Å². The quantitative estimate of drug-likeness (QED) is 0.615. The number of benzene rings is 1. The molecule has 6 nitrogen and oxygen atoms in total. The van der Waals surface area contributed by atoms with Gasteiger partial charge in [0.2, 0.25) is 11.8 Å². The third kappa shape index (κ3) is 6.19. The Morgan fingerprint density at radius 1 is 1.00 bits per heavy atom. The Hall–Kier alpha value is -1.92. The van der Waals surface area contributed by atoms with Crippen molar-refractivity contribution in [2.75, 3.05) is 33.2 Å². The summed E-state index contributed by atoms with van der Waals surface area (Å²) in [6, 6.07) is 10.3. The molecule has 2 amide bonds. The lowest BCUT2D eigenvalue weighted by Crippen LogP contribution is -2.62. The van der Waals surface area contributed by atoms with Crippen LogP contribution in [0.25, 0.3) is 0 Å². The minimum absolute atomic E-state index is 0.0619. The third-order valence-electron chi connectivity index (χ3n) is 8.53. The number of carbonyl (C=O) groups is 2. The van der Waals surface area contributed by atoms with E-state index in [0.717, 1.165) is 64.7 Å². The van der Waals surface area contributed by atoms with Crippen LogP contribution in [0.2, 0.25) is 0 Å². The number of likely N-dealkylation sites (N-methyl/N-ethyl adjacent to an activating group) is 1. The summed E-state index contributed by atoms with van der Waals surface area (Å²) in [7, 11) is 1.79. The zero-order chi connectivity index (χ0) is 23.9. The van der Waals surface area contributed by atoms with E-state index in [1.807, 2.05) is 6.92 Å². The Morgan fingerprint density at radius 3 is 2.50 bits per heavy atom. The zero-order valence-electron chi connectivity index (χ0n) is 21.2. The van der Waals surface area contributed by atoms with Crippen molar-refractivity contribution < 1.29 is 9.59 Å². The minimum Gasteiger partial charge on any atom is -0.343 e. The van der Waals surface area contributed by atoms with Gasteiger partial charge in [0.05, 0.1) is 6.04 Å². The van der Waals surface area contributed by atoms with Crippen molar-refractivity contribution >= 4 is 11.8 Å². The van der Waals surface area contributed by atoms with E-state index in [-0.39, 0.29) is 35.9 Å². The molecule has 0 unspecified atom stereocenters. The van der Waals surface area contributed by atoms with Gasteiger partial charge in [-0.1, -0.05) is 49.6 Å². The maximum absolute atomic E-state index is 14.1. The van der Waals surface area contributed by atoms with Gasteiger partial charge in [0.1, 0.15) is 6.04 Å². The van der Waals surface area contributed by atoms with Crippen LogP contribution in [0.1, 0.15) is 63.9 Å². The number of piperidine rings is 2. The summed E-state index contributed by atoms with van der Waals surface area (Å²) in [5, 5.41) is 6.21. The Kier molecular flexibility index (Phi) is 9.01. The van der Waals surface area contributed by atoms with Crippen molar-refractivity contribution in [3.8, 4) is 0 Å². The Bertz CT molecular complexity index is 795. The second-order valence-electron chi connectivity index (χ2n) is 10.7. The molecule has 1 aliphatic carbocycles. The van der Waals surface area contributed by atoms with E-state index >= 15 is 0 Å². The normalized spacial score (nSPS) is 25.9. The number of hydrogen-bond donors (Lipinski definition) is 2. The molecule has 6 heteroatoms. The lowest BCUT2D eigenvalue weighted by Gasteiger charge is -2.49. The number of nitrogens with zero attached hydrogens (tertiary/aromatic N) is 2. The van der Waals surface area contributed by atoms with Gasteiger partial charge in [-0.3, -0.25) is 9.59 Å². The number of likely N-dealkylation sites (tertiary alicyclic amines) is 2. The smallest absolute Gasteiger partial charge is 0.245 e. The molecule has 4 atom stereocenters. The molecule has 3 aliphatic rings. The fourth-order valence-electron chi connectivity index (χ4n) is 6.27. The predicted molar refractivity (Wildman–Crippen MR) is 136 cm³/mol. The minimum atomic E-state index is -0.387. The van der Waals surface area contributed by atoms with E-state index in [2.05, 4.69) is 50.8 Å². The van der Waals surface area contributed by atoms with E-state index in [1.54, 1.807) is 7.05 Å². The first-order chi connectivity index (χ1) is 16.6. The summed E-state index contributed by atoms with van der Waals surface area (Å²) in [4.78, 5) is 31.6. The summed E-state index contributed by atoms with van der Waals surface area (Å²) >= 11 is 0. The number of nitrogens with one attached hydrogen (secondary N) is 2. The average Bonchev–Trinajstić information content (AvgIpc) is 2.90. The van der Waals surface area contributed by atoms with Crippen LogP contribution in [0.3, 0.4) is 0 Å². The van der Waals surface area contributed by atoms with Gasteiger partial charge < -0.3 is 20.4 Å². The molecule has 4 rings (SSSR count). The zero-order valence-corrected chi connectivity index (χ0v) is 21.2. The highest BCUT2D eigenvalue weighted by atomic mass is 16.2. The van der Waals surface area contributed by atoms with Crippen LogP contribution in [-0.4, -0.2) is 73.0 Å². The monoisotopic (exact) mass is 468 g/mol. The second-order valence-corrected chi connectivity index (χ2v) is 10.7. The lowest BCUT2D eigenvalue weighted by molar-refractivity contribution is -0.145. The third-order valence-corrected chi connectivity index (χ3v) is 8.53. The predicted octanol–water partition coefficient (Wildman–Crippen LogP) is 3.22. The highest BCUT2D eigenvalue weighted by Crippen LogP contribution is 2.34. The van der Waals surface area contributed by atoms with Crippen LogP contribution in [0.15, 0.2) is 30.3 Å². The maximum Gasteiger partial charge on any atom is 0.245 e. The number of rotatable bonds is 8. The standard InChI is InChI=1S/C28H44N4O2/c1-21(29-2)27(33)30-26(24-12-7-4-8-13-24)28(34)32-17-9-14-23-16-19-31(20-25(23)32)18-15-22-10-5-3-6-11-22/h3,5-6,10-11,21,23-26,29H,4,7-9,12-20H2,1-2H3,(H,30,33)/t21-,23-,25+,26-/m0/s1. The topological polar surface area (TPSA) is 64.7 Å². The van der Waals surface area contributed by atoms with Crippen LogP contribution in [0.4, 0.5) is 0 Å². The van der Waals surface area contributed by atoms with E-state index in [1.165, 1.54) is 24.8 Å². The van der Waals surface area contributed by atoms with Gasteiger partial charge in [-0.2, -0.15) is 0 Å². The molecule has 0 spiro atoms. The summed E-state index contributed by atoms with van der Waals surface area (Å²) in [5.74, 6) is 0.952. The Labute approximate surface area is 205 Å². The van der Waals surface area contributed by atoms with Gasteiger partial charge in [0, 0.05) is 25.7 Å². The van der Waals surface area contributed by atoms with Gasteiger partial charge in [-0.15, -0.1) is 0 Å². The number of hydrogen-bond acceptors (Lipinski definition) is 4. The molecule has 1 aromatic carbocycles. The van der Waals surface area contributed by atoms with E-state index in [0.29, 0.717) is 5.92 Å². The molecule has 3 fully saturated rings. The summed E-state index contributed by atoms with van der Waals surface area (Å²) < 4.78 is 0. The van der Waals surface area contributed by atoms with Crippen molar-refractivity contribution in [2.24, 2.45) is 11.8 Å². The number of amides is 2. The molecule has 34 heavy (non-hydrogen) atoms. The largest absolute Gasteiger partial charge is 0.343 e. The van der Waals surface area contributed by atoms with Crippen molar-refractivity contribution in [1.29, 1.82) is 0 Å².